The normalized spacial score (nSPS) is 14.2. The Morgan fingerprint density at radius 1 is 1.03 bits per heavy atom. The second-order valence-corrected chi connectivity index (χ2v) is 8.38. The Bertz CT molecular complexity index is 1030. The molecule has 0 saturated carbocycles. The van der Waals surface area contributed by atoms with Crippen molar-refractivity contribution < 1.29 is 23.4 Å². The number of amides is 1. The molecule has 3 aromatic rings. The van der Waals surface area contributed by atoms with E-state index in [1.165, 1.54) is 6.26 Å². The van der Waals surface area contributed by atoms with Crippen molar-refractivity contribution in [2.45, 2.75) is 32.0 Å². The number of nitrogens with one attached hydrogen (secondary N) is 1. The number of likely N-dealkylation sites (N-methyl/N-ethyl adjacent to an activating group) is 1. The van der Waals surface area contributed by atoms with Crippen LogP contribution in [-0.2, 0) is 17.9 Å². The predicted octanol–water partition coefficient (Wildman–Crippen LogP) is 4.28. The Balaban J connectivity index is 1.23. The summed E-state index contributed by atoms with van der Waals surface area (Å²) in [6, 6.07) is 19.6. The number of nitrogens with zero attached hydrogens (tertiary/aromatic N) is 1. The summed E-state index contributed by atoms with van der Waals surface area (Å²) in [7, 11) is 2.14. The molecule has 1 amide bonds. The number of hydrogen-bond donors (Lipinski definition) is 1. The van der Waals surface area contributed by atoms with E-state index >= 15 is 0 Å². The number of para-hydroxylation sites is 1. The Morgan fingerprint density at radius 2 is 1.82 bits per heavy atom. The van der Waals surface area contributed by atoms with Gasteiger partial charge in [0.25, 0.3) is 5.91 Å². The maximum Gasteiger partial charge on any atom is 0.287 e. The lowest BCUT2D eigenvalue weighted by Crippen LogP contribution is -2.38. The molecular weight excluding hydrogens is 432 g/mol. The molecule has 34 heavy (non-hydrogen) atoms. The number of rotatable bonds is 11. The van der Waals surface area contributed by atoms with Gasteiger partial charge in [0.2, 0.25) is 0 Å². The Hall–Kier alpha value is -3.29. The lowest BCUT2D eigenvalue weighted by molar-refractivity contribution is 0.0392. The van der Waals surface area contributed by atoms with Crippen molar-refractivity contribution in [2.24, 2.45) is 0 Å². The third kappa shape index (κ3) is 6.85. The number of hydrogen-bond acceptors (Lipinski definition) is 6. The topological polar surface area (TPSA) is 73.2 Å². The van der Waals surface area contributed by atoms with Crippen molar-refractivity contribution in [3.05, 3.63) is 83.8 Å². The number of ether oxygens (including phenoxy) is 3. The molecule has 7 heteroatoms. The average molecular weight is 465 g/mol. The van der Waals surface area contributed by atoms with Gasteiger partial charge in [-0.25, -0.2) is 0 Å². The molecule has 0 radical (unpaired) electrons. The minimum Gasteiger partial charge on any atom is -0.492 e. The summed E-state index contributed by atoms with van der Waals surface area (Å²) in [5.74, 6) is 1.52. The summed E-state index contributed by atoms with van der Waals surface area (Å²) in [6.45, 7) is 3.78. The van der Waals surface area contributed by atoms with Crippen molar-refractivity contribution in [3.8, 4) is 11.5 Å². The third-order valence-corrected chi connectivity index (χ3v) is 5.97. The summed E-state index contributed by atoms with van der Waals surface area (Å²) in [4.78, 5) is 15.0. The van der Waals surface area contributed by atoms with Gasteiger partial charge >= 0.3 is 0 Å². The van der Waals surface area contributed by atoms with Gasteiger partial charge in [0.15, 0.2) is 5.76 Å². The molecule has 0 atom stereocenters. The molecule has 7 nitrogen and oxygen atoms in total. The van der Waals surface area contributed by atoms with Crippen LogP contribution < -0.4 is 14.8 Å². The van der Waals surface area contributed by atoms with Gasteiger partial charge in [-0.15, -0.1) is 0 Å². The Kier molecular flexibility index (Phi) is 8.60. The zero-order chi connectivity index (χ0) is 23.6. The number of carbonyl (C=O) groups excluding carboxylic acids is 1. The lowest BCUT2D eigenvalue weighted by atomic mass is 10.1. The molecular formula is C27H32N2O5. The van der Waals surface area contributed by atoms with E-state index in [9.17, 15) is 4.79 Å². The highest BCUT2D eigenvalue weighted by atomic mass is 16.5. The van der Waals surface area contributed by atoms with Crippen LogP contribution in [0.25, 0.3) is 0 Å². The maximum absolute atomic E-state index is 12.7. The molecule has 1 N–H and O–H groups in total. The Morgan fingerprint density at radius 3 is 2.65 bits per heavy atom. The molecule has 0 unspecified atom stereocenters. The fourth-order valence-electron chi connectivity index (χ4n) is 3.95. The number of carbonyl (C=O) groups is 1. The fourth-order valence-corrected chi connectivity index (χ4v) is 3.95. The van der Waals surface area contributed by atoms with Gasteiger partial charge in [-0.1, -0.05) is 30.3 Å². The van der Waals surface area contributed by atoms with Gasteiger partial charge in [0.1, 0.15) is 24.7 Å². The third-order valence-electron chi connectivity index (χ3n) is 5.97. The van der Waals surface area contributed by atoms with Crippen LogP contribution in [0.3, 0.4) is 0 Å². The van der Waals surface area contributed by atoms with Gasteiger partial charge in [-0.05, 0) is 55.8 Å². The smallest absolute Gasteiger partial charge is 0.287 e. The van der Waals surface area contributed by atoms with Crippen LogP contribution in [0, 0.1) is 0 Å². The van der Waals surface area contributed by atoms with Crippen LogP contribution >= 0.6 is 0 Å². The first-order valence-corrected chi connectivity index (χ1v) is 11.7. The number of benzene rings is 2. The van der Waals surface area contributed by atoms with Crippen LogP contribution in [0.1, 0.15) is 34.5 Å². The van der Waals surface area contributed by atoms with Crippen LogP contribution in [0.15, 0.2) is 71.3 Å². The molecule has 0 aliphatic carbocycles. The molecule has 1 aliphatic heterocycles. The SMILES string of the molecule is CN(CCOc1cccc(CNC(=O)c2occc2COc2ccccc2)c1)C1CCOCC1. The minimum atomic E-state index is -0.277. The highest BCUT2D eigenvalue weighted by Crippen LogP contribution is 2.18. The molecule has 2 aromatic carbocycles. The summed E-state index contributed by atoms with van der Waals surface area (Å²) >= 11 is 0. The van der Waals surface area contributed by atoms with E-state index in [0.717, 1.165) is 49.7 Å². The van der Waals surface area contributed by atoms with E-state index < -0.39 is 0 Å². The maximum atomic E-state index is 12.7. The summed E-state index contributed by atoms with van der Waals surface area (Å²) in [6.07, 6.45) is 3.65. The quantitative estimate of drug-likeness (QED) is 0.457. The predicted molar refractivity (Wildman–Crippen MR) is 129 cm³/mol. The molecule has 1 aliphatic rings. The van der Waals surface area contributed by atoms with E-state index in [4.69, 9.17) is 18.6 Å². The second kappa shape index (κ2) is 12.3. The highest BCUT2D eigenvalue weighted by molar-refractivity contribution is 5.92. The van der Waals surface area contributed by atoms with Gasteiger partial charge < -0.3 is 23.9 Å². The molecule has 1 fully saturated rings. The zero-order valence-electron chi connectivity index (χ0n) is 19.6. The second-order valence-electron chi connectivity index (χ2n) is 8.38. The largest absolute Gasteiger partial charge is 0.492 e. The molecule has 0 spiro atoms. The standard InChI is InChI=1S/C27H32N2O5/c1-29(23-11-14-31-15-12-23)13-17-32-25-9-5-6-21(18-25)19-28-27(30)26-22(10-16-33-26)20-34-24-7-3-2-4-8-24/h2-10,16,18,23H,11-15,17,19-20H2,1H3,(H,28,30). The Labute approximate surface area is 200 Å². The molecule has 1 saturated heterocycles. The van der Waals surface area contributed by atoms with Crippen LogP contribution in [0.2, 0.25) is 0 Å². The molecule has 2 heterocycles. The van der Waals surface area contributed by atoms with E-state index in [0.29, 0.717) is 24.8 Å². The van der Waals surface area contributed by atoms with Crippen molar-refractivity contribution in [3.63, 3.8) is 0 Å². The lowest BCUT2D eigenvalue weighted by Gasteiger charge is -2.31. The van der Waals surface area contributed by atoms with Gasteiger partial charge in [-0.2, -0.15) is 0 Å². The van der Waals surface area contributed by atoms with Crippen molar-refractivity contribution in [1.82, 2.24) is 10.2 Å². The summed E-state index contributed by atoms with van der Waals surface area (Å²) in [5.41, 5.74) is 1.66. The molecule has 4 rings (SSSR count). The summed E-state index contributed by atoms with van der Waals surface area (Å²) < 4.78 is 22.6. The molecule has 0 bridgehead atoms. The number of furan rings is 1. The van der Waals surface area contributed by atoms with E-state index in [1.807, 2.05) is 54.6 Å². The minimum absolute atomic E-state index is 0.259. The van der Waals surface area contributed by atoms with Gasteiger partial charge in [-0.3, -0.25) is 9.69 Å². The van der Waals surface area contributed by atoms with E-state index in [2.05, 4.69) is 17.3 Å². The first-order chi connectivity index (χ1) is 16.7. The van der Waals surface area contributed by atoms with E-state index in [1.54, 1.807) is 6.07 Å². The fraction of sp³-hybridized carbons (Fsp3) is 0.370. The zero-order valence-corrected chi connectivity index (χ0v) is 19.6. The van der Waals surface area contributed by atoms with Crippen molar-refractivity contribution in [2.75, 3.05) is 33.4 Å². The highest BCUT2D eigenvalue weighted by Gasteiger charge is 2.18. The van der Waals surface area contributed by atoms with Gasteiger partial charge in [0, 0.05) is 37.9 Å². The van der Waals surface area contributed by atoms with Crippen LogP contribution in [0.5, 0.6) is 11.5 Å². The van der Waals surface area contributed by atoms with Crippen LogP contribution in [-0.4, -0.2) is 50.3 Å². The summed E-state index contributed by atoms with van der Waals surface area (Å²) in [5, 5.41) is 2.92. The van der Waals surface area contributed by atoms with Crippen molar-refractivity contribution >= 4 is 5.91 Å². The molecule has 180 valence electrons. The van der Waals surface area contributed by atoms with Gasteiger partial charge in [0.05, 0.1) is 6.26 Å². The van der Waals surface area contributed by atoms with Crippen molar-refractivity contribution in [1.29, 1.82) is 0 Å². The first-order valence-electron chi connectivity index (χ1n) is 11.7. The van der Waals surface area contributed by atoms with Crippen LogP contribution in [0.4, 0.5) is 0 Å². The molecule has 1 aromatic heterocycles. The monoisotopic (exact) mass is 464 g/mol. The average Bonchev–Trinajstić information content (AvgIpc) is 3.36. The first kappa shape index (κ1) is 23.9. The van der Waals surface area contributed by atoms with E-state index in [-0.39, 0.29) is 18.3 Å².